The fourth-order valence-corrected chi connectivity index (χ4v) is 10.5. The number of fused-ring (bicyclic) bond motifs is 2. The van der Waals surface area contributed by atoms with E-state index >= 15 is 8.78 Å². The van der Waals surface area contributed by atoms with Crippen LogP contribution in [-0.4, -0.2) is 100 Å². The maximum atomic E-state index is 15.8. The number of halogens is 2. The van der Waals surface area contributed by atoms with Crippen LogP contribution in [0.25, 0.3) is 21.8 Å². The zero-order chi connectivity index (χ0) is 44.4. The van der Waals surface area contributed by atoms with Crippen molar-refractivity contribution in [2.75, 3.05) is 49.5 Å². The van der Waals surface area contributed by atoms with Crippen LogP contribution < -0.4 is 25.2 Å². The van der Waals surface area contributed by atoms with Crippen molar-refractivity contribution in [2.45, 2.75) is 75.5 Å². The Morgan fingerprint density at radius 3 is 2.59 bits per heavy atom. The fraction of sp³-hybridized carbons (Fsp3) is 0.442. The molecule has 3 aromatic carbocycles. The third-order valence-corrected chi connectivity index (χ3v) is 14.7. The first-order valence-electron chi connectivity index (χ1n) is 21.0. The number of hydrogen-bond acceptors (Lipinski definition) is 11. The van der Waals surface area contributed by atoms with Gasteiger partial charge in [-0.15, -0.1) is 0 Å². The quantitative estimate of drug-likeness (QED) is 0.182. The third-order valence-electron chi connectivity index (χ3n) is 13.1. The van der Waals surface area contributed by atoms with Gasteiger partial charge < -0.3 is 9.47 Å². The molecule has 330 valence electrons. The predicted octanol–water partition coefficient (Wildman–Crippen LogP) is 5.41. The highest BCUT2D eigenvalue weighted by molar-refractivity contribution is 7.90. The summed E-state index contributed by atoms with van der Waals surface area (Å²) in [7, 11) is -0.904. The molecule has 4 aliphatic rings. The van der Waals surface area contributed by atoms with Gasteiger partial charge in [0.2, 0.25) is 5.91 Å². The van der Waals surface area contributed by atoms with Gasteiger partial charge >= 0.3 is 16.2 Å². The van der Waals surface area contributed by atoms with Crippen molar-refractivity contribution in [3.05, 3.63) is 81.9 Å². The molecule has 1 saturated carbocycles. The number of carbonyl (C=O) groups is 2. The zero-order valence-corrected chi connectivity index (χ0v) is 35.8. The van der Waals surface area contributed by atoms with Gasteiger partial charge in [-0.25, -0.2) is 18.6 Å². The molecule has 0 radical (unpaired) electrons. The second-order valence-electron chi connectivity index (χ2n) is 16.8. The summed E-state index contributed by atoms with van der Waals surface area (Å²) in [6.45, 7) is 3.83. The highest BCUT2D eigenvalue weighted by Gasteiger charge is 2.48. The van der Waals surface area contributed by atoms with Gasteiger partial charge in [0.05, 0.1) is 46.7 Å². The second kappa shape index (κ2) is 16.3. The molecule has 1 aliphatic carbocycles. The van der Waals surface area contributed by atoms with Gasteiger partial charge in [0.1, 0.15) is 23.2 Å². The maximum absolute atomic E-state index is 15.8. The van der Waals surface area contributed by atoms with Crippen molar-refractivity contribution >= 4 is 55.5 Å². The lowest BCUT2D eigenvalue weighted by Gasteiger charge is -2.35. The summed E-state index contributed by atoms with van der Waals surface area (Å²) in [5.41, 5.74) is 0.430. The van der Waals surface area contributed by atoms with E-state index in [1.165, 1.54) is 36.5 Å². The molecule has 2 N–H and O–H groups in total. The fourth-order valence-electron chi connectivity index (χ4n) is 9.57. The topological polar surface area (TPSA) is 197 Å². The van der Waals surface area contributed by atoms with Crippen LogP contribution in [0.5, 0.6) is 11.5 Å². The lowest BCUT2D eigenvalue weighted by Crippen LogP contribution is -2.49. The van der Waals surface area contributed by atoms with Gasteiger partial charge in [-0.1, -0.05) is 6.92 Å². The number of rotatable bonds is 10. The molecule has 1 spiro atoms. The van der Waals surface area contributed by atoms with Gasteiger partial charge in [-0.2, -0.15) is 23.1 Å². The molecule has 4 fully saturated rings. The first kappa shape index (κ1) is 42.3. The maximum Gasteiger partial charge on any atom is 0.329 e. The average Bonchev–Trinajstić information content (AvgIpc) is 3.98. The number of amides is 3. The number of benzene rings is 3. The summed E-state index contributed by atoms with van der Waals surface area (Å²) < 4.78 is 75.2. The third kappa shape index (κ3) is 7.76. The van der Waals surface area contributed by atoms with Gasteiger partial charge in [-0.3, -0.25) is 38.7 Å². The van der Waals surface area contributed by atoms with E-state index in [9.17, 15) is 28.1 Å². The lowest BCUT2D eigenvalue weighted by atomic mass is 9.80. The van der Waals surface area contributed by atoms with E-state index in [0.29, 0.717) is 53.4 Å². The molecule has 5 heterocycles. The molecule has 9 rings (SSSR count). The summed E-state index contributed by atoms with van der Waals surface area (Å²) in [5, 5.41) is 17.5. The van der Waals surface area contributed by atoms with Crippen LogP contribution in [0, 0.1) is 23.0 Å². The van der Waals surface area contributed by atoms with E-state index in [4.69, 9.17) is 9.47 Å². The van der Waals surface area contributed by atoms with Crippen molar-refractivity contribution in [3.63, 3.8) is 0 Å². The van der Waals surface area contributed by atoms with Gasteiger partial charge in [0, 0.05) is 64.5 Å². The number of imide groups is 1. The van der Waals surface area contributed by atoms with E-state index in [1.807, 2.05) is 12.1 Å². The molecular formula is C43H46F2N10O7S. The number of anilines is 2. The van der Waals surface area contributed by atoms with Gasteiger partial charge in [0.25, 0.3) is 5.56 Å². The highest BCUT2D eigenvalue weighted by atomic mass is 32.2. The van der Waals surface area contributed by atoms with E-state index in [1.54, 1.807) is 29.3 Å². The van der Waals surface area contributed by atoms with E-state index in [2.05, 4.69) is 25.0 Å². The van der Waals surface area contributed by atoms with Crippen LogP contribution in [-0.2, 0) is 26.8 Å². The molecule has 0 bridgehead atoms. The average molecular weight is 885 g/mol. The van der Waals surface area contributed by atoms with Crippen molar-refractivity contribution in [1.82, 2.24) is 33.9 Å². The Bertz CT molecular complexity index is 2890. The number of nitriles is 1. The van der Waals surface area contributed by atoms with Crippen LogP contribution in [0.1, 0.15) is 75.0 Å². The molecule has 3 aliphatic heterocycles. The highest BCUT2D eigenvalue weighted by Crippen LogP contribution is 2.44. The Balaban J connectivity index is 0.858. The minimum Gasteiger partial charge on any atom is -0.453 e. The predicted molar refractivity (Wildman–Crippen MR) is 228 cm³/mol. The van der Waals surface area contributed by atoms with Gasteiger partial charge in [0.15, 0.2) is 17.4 Å². The Labute approximate surface area is 361 Å². The number of nitrogens with one attached hydrogen (secondary N) is 2. The number of aryl methyl sites for hydroxylation is 1. The van der Waals surface area contributed by atoms with Crippen molar-refractivity contribution in [3.8, 4) is 17.6 Å². The summed E-state index contributed by atoms with van der Waals surface area (Å²) >= 11 is 0. The number of ether oxygens (including phenoxy) is 2. The van der Waals surface area contributed by atoms with Crippen molar-refractivity contribution in [2.24, 2.45) is 7.05 Å². The Hall–Kier alpha value is -6.01. The molecule has 17 nitrogen and oxygen atoms in total. The molecule has 2 atom stereocenters. The first-order chi connectivity index (χ1) is 30.2. The Kier molecular flexibility index (Phi) is 10.9. The zero-order valence-electron chi connectivity index (χ0n) is 34.9. The van der Waals surface area contributed by atoms with Crippen LogP contribution in [0.3, 0.4) is 0 Å². The number of hydrogen-bond donors (Lipinski definition) is 2. The molecule has 20 heteroatoms. The summed E-state index contributed by atoms with van der Waals surface area (Å²) in [6, 6.07) is 11.2. The first-order valence-corrected chi connectivity index (χ1v) is 22.4. The molecule has 63 heavy (non-hydrogen) atoms. The van der Waals surface area contributed by atoms with Crippen LogP contribution in [0.2, 0.25) is 0 Å². The van der Waals surface area contributed by atoms with Crippen LogP contribution in [0.4, 0.5) is 25.1 Å². The summed E-state index contributed by atoms with van der Waals surface area (Å²) in [5.74, 6) is -1.68. The molecular weight excluding hydrogens is 839 g/mol. The van der Waals surface area contributed by atoms with Crippen molar-refractivity contribution in [1.29, 1.82) is 5.26 Å². The Morgan fingerprint density at radius 2 is 1.84 bits per heavy atom. The minimum atomic E-state index is -4.03. The minimum absolute atomic E-state index is 0.0213. The molecule has 5 aromatic rings. The lowest BCUT2D eigenvalue weighted by molar-refractivity contribution is -0.120. The standard InChI is InChI=1S/C43H46F2N10O7S/c1-4-51(2)63(59,60)50-36-12-10-33(44)39(32(36)21-46)62-28-9-11-35-30(17-28)41(57)55(24-47-35)27-20-43(61-22-27)14-16-53(23-43)26-7-5-25(6-8-26)29-19-37-31(18-34(29)45)40(49-52(37)3)54-15-13-38(56)48-42(54)58/h9-12,17-19,24-27,50H,4-8,13-16,20,22-23H2,1-3H3,(H,48,56,58)/t25?,26?,27?,43-/m0/s1. The number of urea groups is 1. The smallest absolute Gasteiger partial charge is 0.329 e. The second-order valence-corrected chi connectivity index (χ2v) is 18.6. The number of nitrogens with zero attached hydrogens (tertiary/aromatic N) is 8. The number of carbonyl (C=O) groups excluding carboxylic acids is 2. The largest absolute Gasteiger partial charge is 0.453 e. The Morgan fingerprint density at radius 1 is 1.05 bits per heavy atom. The van der Waals surface area contributed by atoms with Crippen LogP contribution >= 0.6 is 0 Å². The normalized spacial score (nSPS) is 23.3. The monoisotopic (exact) mass is 884 g/mol. The number of likely N-dealkylation sites (tertiary alicyclic amines) is 1. The molecule has 1 unspecified atom stereocenters. The van der Waals surface area contributed by atoms with E-state index in [-0.39, 0.29) is 71.1 Å². The SMILES string of the molecule is CCN(C)S(=O)(=O)Nc1ccc(F)c(Oc2ccc3ncn(C4CO[C@@]5(CCN(C6CCC(c7cc8c(cc7F)c(N7CCC(=O)NC7=O)nn8C)CC6)C5)C4)c(=O)c3c2)c1C#N. The van der Waals surface area contributed by atoms with Crippen molar-refractivity contribution < 1.29 is 36.3 Å². The van der Waals surface area contributed by atoms with Gasteiger partial charge in [-0.05, 0) is 86.1 Å². The summed E-state index contributed by atoms with van der Waals surface area (Å²) in [4.78, 5) is 46.6. The van der Waals surface area contributed by atoms with E-state index in [0.717, 1.165) is 55.1 Å². The van der Waals surface area contributed by atoms with Crippen LogP contribution in [0.15, 0.2) is 53.6 Å². The number of aromatic nitrogens is 4. The molecule has 3 saturated heterocycles. The van der Waals surface area contributed by atoms with E-state index < -0.39 is 33.4 Å². The summed E-state index contributed by atoms with van der Waals surface area (Å²) in [6.07, 6.45) is 6.42. The molecule has 2 aromatic heterocycles. The molecule has 3 amide bonds.